The Labute approximate surface area is 275 Å². The number of carboxylic acid groups (broad SMARTS) is 1. The summed E-state index contributed by atoms with van der Waals surface area (Å²) in [6.45, 7) is -3.16. The molecule has 22 heteroatoms. The zero-order chi connectivity index (χ0) is 36.2. The number of unbranched alkanes of at least 4 members (excludes halogenated alkanes) is 3. The Hall–Kier alpha value is -4.67. The van der Waals surface area contributed by atoms with Gasteiger partial charge in [-0.05, 0) is 57.8 Å². The van der Waals surface area contributed by atoms with E-state index in [0.29, 0.717) is 12.8 Å². The van der Waals surface area contributed by atoms with Gasteiger partial charge in [-0.15, -0.1) is 0 Å². The van der Waals surface area contributed by atoms with Crippen LogP contribution in [-0.2, 0) is 33.3 Å². The van der Waals surface area contributed by atoms with Crippen LogP contribution >= 0.6 is 0 Å². The van der Waals surface area contributed by atoms with Crippen LogP contribution in [0, 0.1) is 0 Å². The predicted octanol–water partition coefficient (Wildman–Crippen LogP) is -2.38. The largest absolute Gasteiger partial charge is 0.480 e. The zero-order valence-corrected chi connectivity index (χ0v) is 26.3. The minimum Gasteiger partial charge on any atom is -0.480 e. The molecule has 0 aromatic heterocycles. The molecule has 0 aliphatic rings. The molecule has 48 heavy (non-hydrogen) atoms. The van der Waals surface area contributed by atoms with E-state index in [4.69, 9.17) is 20.4 Å². The molecule has 0 aliphatic heterocycles. The first-order valence-corrected chi connectivity index (χ1v) is 14.9. The molecule has 3 atom stereocenters. The molecule has 0 rings (SSSR count). The van der Waals surface area contributed by atoms with E-state index in [-0.39, 0.29) is 64.6 Å². The summed E-state index contributed by atoms with van der Waals surface area (Å²) in [6.07, 6.45) is -2.26. The predicted molar refractivity (Wildman–Crippen MR) is 158 cm³/mol. The van der Waals surface area contributed by atoms with Gasteiger partial charge in [0.15, 0.2) is 27.2 Å². The van der Waals surface area contributed by atoms with Crippen LogP contribution in [-0.4, -0.2) is 133 Å². The maximum atomic E-state index is 13.3. The van der Waals surface area contributed by atoms with Gasteiger partial charge in [0.1, 0.15) is 18.1 Å². The van der Waals surface area contributed by atoms with E-state index >= 15 is 0 Å². The van der Waals surface area contributed by atoms with E-state index in [2.05, 4.69) is 50.8 Å². The van der Waals surface area contributed by atoms with E-state index in [9.17, 15) is 38.7 Å². The molecule has 276 valence electrons. The van der Waals surface area contributed by atoms with Gasteiger partial charge in [-0.25, -0.2) is 24.0 Å². The number of aliphatic carboxylic acids is 1. The highest BCUT2D eigenvalue weighted by molar-refractivity contribution is 5.92. The lowest BCUT2D eigenvalue weighted by atomic mass is 10.0. The summed E-state index contributed by atoms with van der Waals surface area (Å²) in [5.41, 5.74) is 0. The molecule has 0 aromatic rings. The maximum absolute atomic E-state index is 13.3. The van der Waals surface area contributed by atoms with E-state index in [1.807, 2.05) is 0 Å². The van der Waals surface area contributed by atoms with Crippen LogP contribution in [0.3, 0.4) is 0 Å². The number of aliphatic hydroxyl groups excluding tert-OH is 4. The van der Waals surface area contributed by atoms with Crippen molar-refractivity contribution in [3.63, 3.8) is 0 Å². The summed E-state index contributed by atoms with van der Waals surface area (Å²) in [7, 11) is 0. The van der Waals surface area contributed by atoms with Crippen LogP contribution in [0.25, 0.3) is 0 Å². The summed E-state index contributed by atoms with van der Waals surface area (Å²) in [5, 5.41) is 58.5. The zero-order valence-electron chi connectivity index (χ0n) is 26.3. The molecule has 6 amide bonds. The van der Waals surface area contributed by atoms with Crippen molar-refractivity contribution in [3.8, 4) is 0 Å². The summed E-state index contributed by atoms with van der Waals surface area (Å²) < 4.78 is 17.4. The molecule has 0 heterocycles. The van der Waals surface area contributed by atoms with Gasteiger partial charge in [0.05, 0.1) is 0 Å². The minimum atomic E-state index is -1.38. The van der Waals surface area contributed by atoms with Crippen LogP contribution in [0.5, 0.6) is 0 Å². The van der Waals surface area contributed by atoms with Crippen LogP contribution in [0.15, 0.2) is 0 Å². The lowest BCUT2D eigenvalue weighted by Crippen LogP contribution is -2.55. The van der Waals surface area contributed by atoms with Gasteiger partial charge in [-0.1, -0.05) is 0 Å². The molecule has 0 saturated heterocycles. The Morgan fingerprint density at radius 3 is 1.10 bits per heavy atom. The molecule has 0 fully saturated rings. The van der Waals surface area contributed by atoms with Gasteiger partial charge in [0.25, 0.3) is 0 Å². The number of alkyl carbamates (subject to hydrolysis) is 4. The second kappa shape index (κ2) is 27.4. The molecule has 0 spiro atoms. The normalized spacial score (nSPS) is 12.2. The van der Waals surface area contributed by atoms with Crippen molar-refractivity contribution >= 4 is 42.2 Å². The smallest absolute Gasteiger partial charge is 0.409 e. The Kier molecular flexibility index (Phi) is 24.8. The van der Waals surface area contributed by atoms with Crippen LogP contribution in [0.4, 0.5) is 19.2 Å². The standard InChI is InChI=1S/C26H46N6O16/c33-13-45-23(41)27-10-4-1-7-17(20(37)31-19(22(39)40)9-3-6-12-29-25(43)47-15-35)30-21(38)18(32-26(44)48-16-36)8-2-5-11-28-24(42)46-14-34/h17-19,33-36H,1-16H2,(H,27,41)(H,28,42)(H,29,43)(H,30,38)(H,31,37)(H,32,44)(H,39,40). The fourth-order valence-corrected chi connectivity index (χ4v) is 3.90. The number of rotatable bonds is 25. The van der Waals surface area contributed by atoms with Crippen molar-refractivity contribution in [2.45, 2.75) is 75.9 Å². The van der Waals surface area contributed by atoms with Crippen molar-refractivity contribution in [2.24, 2.45) is 0 Å². The van der Waals surface area contributed by atoms with Gasteiger partial charge >= 0.3 is 30.3 Å². The average Bonchev–Trinajstić information content (AvgIpc) is 3.02. The Morgan fingerprint density at radius 2 is 0.750 bits per heavy atom. The Balaban J connectivity index is 5.52. The summed E-state index contributed by atoms with van der Waals surface area (Å²) in [6, 6.07) is -3.99. The fourth-order valence-electron chi connectivity index (χ4n) is 3.90. The van der Waals surface area contributed by atoms with Crippen molar-refractivity contribution in [2.75, 3.05) is 46.8 Å². The van der Waals surface area contributed by atoms with E-state index in [1.54, 1.807) is 0 Å². The van der Waals surface area contributed by atoms with E-state index in [1.165, 1.54) is 0 Å². The van der Waals surface area contributed by atoms with Crippen LogP contribution in [0.2, 0.25) is 0 Å². The molecule has 11 N–H and O–H groups in total. The number of carbonyl (C=O) groups excluding carboxylic acids is 6. The molecular weight excluding hydrogens is 652 g/mol. The highest BCUT2D eigenvalue weighted by atomic mass is 16.6. The van der Waals surface area contributed by atoms with E-state index < -0.39 is 87.5 Å². The monoisotopic (exact) mass is 698 g/mol. The molecule has 0 aromatic carbocycles. The van der Waals surface area contributed by atoms with Gasteiger partial charge in [0, 0.05) is 19.6 Å². The number of hydrogen-bond donors (Lipinski definition) is 11. The quantitative estimate of drug-likeness (QED) is 0.0269. The lowest BCUT2D eigenvalue weighted by Gasteiger charge is -2.24. The second-order valence-corrected chi connectivity index (χ2v) is 9.67. The number of aliphatic hydroxyl groups is 4. The topological polar surface area (TPSA) is 330 Å². The highest BCUT2D eigenvalue weighted by Crippen LogP contribution is 2.08. The average molecular weight is 699 g/mol. The molecule has 22 nitrogen and oxygen atoms in total. The minimum absolute atomic E-state index is 0.0219. The van der Waals surface area contributed by atoms with Crippen LogP contribution in [0.1, 0.15) is 57.8 Å². The third-order valence-electron chi connectivity index (χ3n) is 6.21. The summed E-state index contributed by atoms with van der Waals surface area (Å²) in [5.74, 6) is -3.08. The fraction of sp³-hybridized carbons (Fsp3) is 0.731. The first-order chi connectivity index (χ1) is 23.0. The first kappa shape index (κ1) is 43.3. The van der Waals surface area contributed by atoms with Crippen LogP contribution < -0.4 is 31.9 Å². The number of carbonyl (C=O) groups is 7. The van der Waals surface area contributed by atoms with Gasteiger partial charge in [-0.3, -0.25) is 9.59 Å². The number of amides is 6. The molecule has 0 radical (unpaired) electrons. The molecular formula is C26H46N6O16. The Morgan fingerprint density at radius 1 is 0.438 bits per heavy atom. The summed E-state index contributed by atoms with van der Waals surface area (Å²) >= 11 is 0. The maximum Gasteiger partial charge on any atom is 0.409 e. The third kappa shape index (κ3) is 22.0. The number of hydrogen-bond acceptors (Lipinski definition) is 15. The van der Waals surface area contributed by atoms with Gasteiger partial charge < -0.3 is 76.4 Å². The highest BCUT2D eigenvalue weighted by Gasteiger charge is 2.29. The molecule has 0 saturated carbocycles. The third-order valence-corrected chi connectivity index (χ3v) is 6.21. The second-order valence-electron chi connectivity index (χ2n) is 9.67. The Bertz CT molecular complexity index is 1000. The van der Waals surface area contributed by atoms with Gasteiger partial charge in [0.2, 0.25) is 11.8 Å². The SMILES string of the molecule is O=C(NCCCCC(NC(=O)C(CCCCNC(=O)OCO)NC(=O)C(CCCCNC(=O)OCO)NC(=O)OCO)C(=O)O)OCO. The molecule has 0 aliphatic carbocycles. The number of carboxylic acids is 1. The van der Waals surface area contributed by atoms with Crippen molar-refractivity contribution in [1.29, 1.82) is 0 Å². The summed E-state index contributed by atoms with van der Waals surface area (Å²) in [4.78, 5) is 84.3. The molecule has 0 bridgehead atoms. The van der Waals surface area contributed by atoms with E-state index in [0.717, 1.165) is 0 Å². The van der Waals surface area contributed by atoms with Crippen molar-refractivity contribution in [1.82, 2.24) is 31.9 Å². The van der Waals surface area contributed by atoms with Gasteiger partial charge in [-0.2, -0.15) is 0 Å². The molecule has 3 unspecified atom stereocenters. The first-order valence-electron chi connectivity index (χ1n) is 14.9. The number of ether oxygens (including phenoxy) is 4. The van der Waals surface area contributed by atoms with Crippen molar-refractivity contribution < 1.29 is 78.0 Å². The number of nitrogens with one attached hydrogen (secondary N) is 6. The lowest BCUT2D eigenvalue weighted by molar-refractivity contribution is -0.142. The van der Waals surface area contributed by atoms with Crippen molar-refractivity contribution in [3.05, 3.63) is 0 Å².